The smallest absolute Gasteiger partial charge is 0.320 e. The van der Waals surface area contributed by atoms with Crippen molar-refractivity contribution in [1.29, 1.82) is 0 Å². The molecule has 0 aromatic carbocycles. The van der Waals surface area contributed by atoms with Crippen LogP contribution in [0.2, 0.25) is 0 Å². The van der Waals surface area contributed by atoms with Crippen LogP contribution in [0.5, 0.6) is 0 Å². The highest BCUT2D eigenvalue weighted by Gasteiger charge is 1.99. The monoisotopic (exact) mass is 179 g/mol. The molecular weight excluding hydrogens is 161 g/mol. The van der Waals surface area contributed by atoms with Crippen LogP contribution in [0.4, 0.5) is 0 Å². The van der Waals surface area contributed by atoms with E-state index in [1.54, 1.807) is 0 Å². The normalized spacial score (nSPS) is 11.3. The Balaban J connectivity index is 0. The average Bonchev–Trinajstić information content (AvgIpc) is 1.90. The number of carboxylic acids is 1. The first-order chi connectivity index (χ1) is 5.06. The van der Waals surface area contributed by atoms with Crippen LogP contribution < -0.4 is 5.73 Å². The van der Waals surface area contributed by atoms with Gasteiger partial charge in [-0.05, 0) is 13.1 Å². The van der Waals surface area contributed by atoms with E-state index in [-0.39, 0.29) is 0 Å². The van der Waals surface area contributed by atoms with Crippen LogP contribution in [-0.2, 0) is 4.79 Å². The van der Waals surface area contributed by atoms with Gasteiger partial charge >= 0.3 is 5.97 Å². The number of rotatable bonds is 3. The number of hydrogen-bond acceptors (Lipinski definition) is 2. The number of aliphatic carboxylic acids is 1. The van der Waals surface area contributed by atoms with E-state index >= 15 is 0 Å². The Labute approximate surface area is 70.6 Å². The summed E-state index contributed by atoms with van der Waals surface area (Å²) in [7, 11) is 2.70. The van der Waals surface area contributed by atoms with Crippen molar-refractivity contribution in [3.05, 3.63) is 0 Å². The molecule has 0 spiro atoms. The first-order valence-corrected chi connectivity index (χ1v) is 4.56. The number of unbranched alkanes of at least 4 members (excludes halogenated alkanes) is 1. The van der Waals surface area contributed by atoms with Crippen LogP contribution in [-0.4, -0.2) is 23.3 Å². The topological polar surface area (TPSA) is 63.3 Å². The maximum absolute atomic E-state index is 9.57. The minimum atomic E-state index is -0.963. The summed E-state index contributed by atoms with van der Waals surface area (Å²) in [6.45, 7) is 3.62. The second-order valence-corrected chi connectivity index (χ2v) is 2.85. The van der Waals surface area contributed by atoms with Gasteiger partial charge in [-0.1, -0.05) is 19.8 Å². The highest BCUT2D eigenvalue weighted by molar-refractivity contribution is 7.16. The average molecular weight is 179 g/mol. The molecule has 0 fully saturated rings. The predicted molar refractivity (Wildman–Crippen MR) is 50.8 cm³/mol. The quantitative estimate of drug-likeness (QED) is 0.637. The Morgan fingerprint density at radius 1 is 1.73 bits per heavy atom. The third kappa shape index (κ3) is 17.7. The van der Waals surface area contributed by atoms with Crippen molar-refractivity contribution >= 4 is 15.2 Å². The molecule has 0 heterocycles. The third-order valence-corrected chi connectivity index (χ3v) is 1.36. The Bertz CT molecular complexity index is 94.4. The predicted octanol–water partition coefficient (Wildman–Crippen LogP) is 1.08. The molecule has 0 saturated carbocycles. The van der Waals surface area contributed by atoms with E-state index in [1.165, 1.54) is 25.9 Å². The van der Waals surface area contributed by atoms with E-state index in [4.69, 9.17) is 10.8 Å². The maximum Gasteiger partial charge on any atom is 0.320 e. The molecule has 0 aromatic rings. The van der Waals surface area contributed by atoms with Gasteiger partial charge in [-0.3, -0.25) is 4.79 Å². The van der Waals surface area contributed by atoms with E-state index in [0.717, 1.165) is 0 Å². The summed E-state index contributed by atoms with van der Waals surface area (Å²) in [5, 5.41) is 7.87. The van der Waals surface area contributed by atoms with Gasteiger partial charge in [0, 0.05) is 0 Å². The molecule has 68 valence electrons. The zero-order valence-corrected chi connectivity index (χ0v) is 8.36. The van der Waals surface area contributed by atoms with E-state index in [2.05, 4.69) is 16.2 Å². The first-order valence-electron chi connectivity index (χ1n) is 3.74. The third-order valence-electron chi connectivity index (χ3n) is 0.947. The lowest BCUT2D eigenvalue weighted by Gasteiger charge is -1.90. The van der Waals surface area contributed by atoms with Crippen LogP contribution in [0.15, 0.2) is 0 Å². The molecule has 1 unspecified atom stereocenters. The molecule has 0 rings (SSSR count). The van der Waals surface area contributed by atoms with Crippen molar-refractivity contribution in [2.45, 2.75) is 32.7 Å². The fourth-order valence-corrected chi connectivity index (χ4v) is 0.612. The van der Waals surface area contributed by atoms with Gasteiger partial charge in [-0.15, -0.1) is 9.24 Å². The molecule has 0 aliphatic carbocycles. The zero-order chi connectivity index (χ0) is 9.28. The lowest BCUT2D eigenvalue weighted by molar-refractivity contribution is -0.138. The molecule has 0 saturated heterocycles. The van der Waals surface area contributed by atoms with Gasteiger partial charge < -0.3 is 10.8 Å². The number of nitrogens with two attached hydrogens (primary N) is 1. The van der Waals surface area contributed by atoms with E-state index < -0.39 is 12.0 Å². The van der Waals surface area contributed by atoms with Gasteiger partial charge in [0.15, 0.2) is 0 Å². The highest BCUT2D eigenvalue weighted by Crippen LogP contribution is 1.89. The molecule has 3 N–H and O–H groups in total. The Hall–Kier alpha value is -0.140. The Kier molecular flexibility index (Phi) is 12.1. The highest BCUT2D eigenvalue weighted by atomic mass is 31.0. The first kappa shape index (κ1) is 13.4. The summed E-state index contributed by atoms with van der Waals surface area (Å²) in [5.41, 5.74) is 4.84. The van der Waals surface area contributed by atoms with Crippen molar-refractivity contribution in [3.8, 4) is 0 Å². The zero-order valence-electron chi connectivity index (χ0n) is 7.21. The van der Waals surface area contributed by atoms with Crippen LogP contribution in [0.1, 0.15) is 26.7 Å². The maximum atomic E-state index is 9.57. The van der Waals surface area contributed by atoms with Gasteiger partial charge in [-0.25, -0.2) is 0 Å². The Morgan fingerprint density at radius 2 is 2.09 bits per heavy atom. The van der Waals surface area contributed by atoms with Gasteiger partial charge in [0.25, 0.3) is 0 Å². The summed E-state index contributed by atoms with van der Waals surface area (Å²) in [6, 6.07) is -0.731. The lowest BCUT2D eigenvalue weighted by atomic mass is 10.4. The standard InChI is InChI=1S/C4H11P.C3H7NO2/c1-2-3-4-5;1-2(4)3(5)6/h2-5H2,1H3;2H,4H2,1H3,(H,5,6)/t;2-/m.0/s1. The minimum Gasteiger partial charge on any atom is -0.480 e. The molecular formula is C7H18NO2P. The second-order valence-electron chi connectivity index (χ2n) is 2.27. The van der Waals surface area contributed by atoms with Crippen LogP contribution in [0.25, 0.3) is 0 Å². The number of hydrogen-bond donors (Lipinski definition) is 2. The molecule has 0 aromatic heterocycles. The van der Waals surface area contributed by atoms with Crippen LogP contribution in [0, 0.1) is 0 Å². The largest absolute Gasteiger partial charge is 0.480 e. The van der Waals surface area contributed by atoms with E-state index in [1.807, 2.05) is 0 Å². The summed E-state index contributed by atoms with van der Waals surface area (Å²) >= 11 is 0. The Morgan fingerprint density at radius 3 is 2.09 bits per heavy atom. The van der Waals surface area contributed by atoms with Gasteiger partial charge in [0.05, 0.1) is 0 Å². The molecule has 11 heavy (non-hydrogen) atoms. The molecule has 4 heteroatoms. The van der Waals surface area contributed by atoms with Crippen LogP contribution in [0.3, 0.4) is 0 Å². The summed E-state index contributed by atoms with van der Waals surface area (Å²) in [4.78, 5) is 9.57. The molecule has 0 aliphatic rings. The molecule has 0 aliphatic heterocycles. The lowest BCUT2D eigenvalue weighted by Crippen LogP contribution is -2.25. The van der Waals surface area contributed by atoms with Crippen molar-refractivity contribution in [3.63, 3.8) is 0 Å². The van der Waals surface area contributed by atoms with E-state index in [0.29, 0.717) is 0 Å². The van der Waals surface area contributed by atoms with Gasteiger partial charge in [0.2, 0.25) is 0 Å². The van der Waals surface area contributed by atoms with Gasteiger partial charge in [0.1, 0.15) is 6.04 Å². The summed E-state index contributed by atoms with van der Waals surface area (Å²) < 4.78 is 0. The molecule has 3 nitrogen and oxygen atoms in total. The van der Waals surface area contributed by atoms with Gasteiger partial charge in [-0.2, -0.15) is 0 Å². The minimum absolute atomic E-state index is 0.731. The number of carbonyl (C=O) groups is 1. The van der Waals surface area contributed by atoms with Crippen molar-refractivity contribution in [2.24, 2.45) is 5.73 Å². The molecule has 0 bridgehead atoms. The fourth-order valence-electron chi connectivity index (χ4n) is 0.204. The summed E-state index contributed by atoms with van der Waals surface area (Å²) in [6.07, 6.45) is 3.94. The second kappa shape index (κ2) is 9.86. The van der Waals surface area contributed by atoms with Crippen molar-refractivity contribution < 1.29 is 9.90 Å². The van der Waals surface area contributed by atoms with Crippen molar-refractivity contribution in [2.75, 3.05) is 6.16 Å². The summed E-state index contributed by atoms with van der Waals surface area (Å²) in [5.74, 6) is -0.963. The SMILES string of the molecule is CCCCP.C[C@H](N)C(=O)O. The van der Waals surface area contributed by atoms with E-state index in [9.17, 15) is 4.79 Å². The number of carboxylic acid groups (broad SMARTS) is 1. The van der Waals surface area contributed by atoms with Crippen molar-refractivity contribution in [1.82, 2.24) is 0 Å². The molecule has 2 atom stereocenters. The fraction of sp³-hybridized carbons (Fsp3) is 0.857. The van der Waals surface area contributed by atoms with Crippen LogP contribution >= 0.6 is 9.24 Å². The molecule has 0 amide bonds. The molecule has 0 radical (unpaired) electrons.